The van der Waals surface area contributed by atoms with Crippen LogP contribution < -0.4 is 0 Å². The number of carbonyl (C=O) groups is 1. The first kappa shape index (κ1) is 18.3. The van der Waals surface area contributed by atoms with E-state index in [-0.39, 0.29) is 23.8 Å². The van der Waals surface area contributed by atoms with E-state index in [0.29, 0.717) is 31.9 Å². The third kappa shape index (κ3) is 3.56. The first-order chi connectivity index (χ1) is 11.8. The predicted octanol–water partition coefficient (Wildman–Crippen LogP) is 1.26. The summed E-state index contributed by atoms with van der Waals surface area (Å²) in [4.78, 5) is 14.5. The number of benzene rings is 1. The molecule has 0 bridgehead atoms. The molecule has 2 fully saturated rings. The van der Waals surface area contributed by atoms with E-state index in [0.717, 1.165) is 9.87 Å². The van der Waals surface area contributed by atoms with Crippen LogP contribution in [0.1, 0.15) is 17.5 Å². The van der Waals surface area contributed by atoms with Crippen LogP contribution in [0.25, 0.3) is 0 Å². The lowest BCUT2D eigenvalue weighted by molar-refractivity contribution is -0.138. The van der Waals surface area contributed by atoms with Crippen molar-refractivity contribution in [2.24, 2.45) is 0 Å². The van der Waals surface area contributed by atoms with Gasteiger partial charge in [0.05, 0.1) is 18.1 Å². The maximum Gasteiger partial charge on any atom is 0.244 e. The number of carbonyl (C=O) groups excluding carboxylic acids is 1. The van der Waals surface area contributed by atoms with Gasteiger partial charge in [0.2, 0.25) is 15.9 Å². The van der Waals surface area contributed by atoms with Gasteiger partial charge in [0.15, 0.2) is 0 Å². The lowest BCUT2D eigenvalue weighted by Gasteiger charge is -2.32. The third-order valence-corrected chi connectivity index (χ3v) is 6.76. The molecule has 2 heterocycles. The predicted molar refractivity (Wildman–Crippen MR) is 90.5 cm³/mol. The first-order valence-electron chi connectivity index (χ1n) is 8.40. The Hall–Kier alpha value is -1.51. The number of hydrogen-bond donors (Lipinski definition) is 0. The van der Waals surface area contributed by atoms with Crippen LogP contribution in [0.3, 0.4) is 0 Å². The number of amides is 1. The highest BCUT2D eigenvalue weighted by Gasteiger charge is 2.46. The molecule has 25 heavy (non-hydrogen) atoms. The number of hydrogen-bond acceptors (Lipinski definition) is 4. The Morgan fingerprint density at radius 1 is 1.24 bits per heavy atom. The average Bonchev–Trinajstić information content (AvgIpc) is 2.97. The topological polar surface area (TPSA) is 66.9 Å². The van der Waals surface area contributed by atoms with Crippen molar-refractivity contribution >= 4 is 15.9 Å². The fourth-order valence-electron chi connectivity index (χ4n) is 3.46. The Morgan fingerprint density at radius 3 is 2.56 bits per heavy atom. The monoisotopic (exact) mass is 370 g/mol. The van der Waals surface area contributed by atoms with Gasteiger partial charge >= 0.3 is 0 Å². The molecule has 2 saturated heterocycles. The van der Waals surface area contributed by atoms with Crippen LogP contribution in [-0.4, -0.2) is 68.6 Å². The van der Waals surface area contributed by atoms with Crippen molar-refractivity contribution in [3.05, 3.63) is 29.3 Å². The van der Waals surface area contributed by atoms with Gasteiger partial charge in [-0.2, -0.15) is 4.31 Å². The fourth-order valence-corrected chi connectivity index (χ4v) is 5.28. The van der Waals surface area contributed by atoms with Gasteiger partial charge < -0.3 is 9.64 Å². The molecule has 1 aromatic carbocycles. The van der Waals surface area contributed by atoms with Gasteiger partial charge in [0, 0.05) is 26.1 Å². The van der Waals surface area contributed by atoms with E-state index in [9.17, 15) is 17.6 Å². The minimum Gasteiger partial charge on any atom is -0.378 e. The Bertz CT molecular complexity index is 762. The molecule has 0 aromatic heterocycles. The summed E-state index contributed by atoms with van der Waals surface area (Å²) in [6.07, 6.45) is -1.43. The van der Waals surface area contributed by atoms with Gasteiger partial charge in [-0.3, -0.25) is 4.79 Å². The van der Waals surface area contributed by atoms with Crippen LogP contribution in [0, 0.1) is 13.8 Å². The van der Waals surface area contributed by atoms with Gasteiger partial charge in [0.1, 0.15) is 12.2 Å². The smallest absolute Gasteiger partial charge is 0.244 e. The molecule has 2 aliphatic heterocycles. The summed E-state index contributed by atoms with van der Waals surface area (Å²) in [5.41, 5.74) is 1.54. The van der Waals surface area contributed by atoms with Gasteiger partial charge in [-0.25, -0.2) is 12.8 Å². The molecule has 0 radical (unpaired) electrons. The quantitative estimate of drug-likeness (QED) is 0.804. The lowest BCUT2D eigenvalue weighted by Crippen LogP contribution is -2.51. The SMILES string of the molecule is Cc1ccc(S(=O)(=O)N2C[C@@H](F)C[C@H]2C(=O)N2CCOCC2)c(C)c1. The van der Waals surface area contributed by atoms with E-state index in [1.54, 1.807) is 24.0 Å². The van der Waals surface area contributed by atoms with Crippen molar-refractivity contribution < 1.29 is 22.3 Å². The molecule has 1 aromatic rings. The van der Waals surface area contributed by atoms with Crippen molar-refractivity contribution in [2.45, 2.75) is 37.4 Å². The molecule has 3 rings (SSSR count). The molecule has 2 aliphatic rings. The van der Waals surface area contributed by atoms with E-state index < -0.39 is 22.2 Å². The first-order valence-corrected chi connectivity index (χ1v) is 9.84. The molecular formula is C17H23FN2O4S. The van der Waals surface area contributed by atoms with Gasteiger partial charge in [-0.15, -0.1) is 0 Å². The highest BCUT2D eigenvalue weighted by atomic mass is 32.2. The van der Waals surface area contributed by atoms with Crippen LogP contribution >= 0.6 is 0 Å². The second kappa shape index (κ2) is 7.01. The van der Waals surface area contributed by atoms with Crippen LogP contribution in [0.5, 0.6) is 0 Å². The zero-order chi connectivity index (χ0) is 18.2. The van der Waals surface area contributed by atoms with E-state index >= 15 is 0 Å². The Balaban J connectivity index is 1.91. The largest absolute Gasteiger partial charge is 0.378 e. The lowest BCUT2D eigenvalue weighted by atomic mass is 10.2. The minimum atomic E-state index is -3.94. The fraction of sp³-hybridized carbons (Fsp3) is 0.588. The van der Waals surface area contributed by atoms with E-state index in [4.69, 9.17) is 4.74 Å². The molecule has 1 amide bonds. The zero-order valence-electron chi connectivity index (χ0n) is 14.4. The van der Waals surface area contributed by atoms with Crippen LogP contribution in [0.15, 0.2) is 23.1 Å². The summed E-state index contributed by atoms with van der Waals surface area (Å²) in [5, 5.41) is 0. The molecule has 0 aliphatic carbocycles. The number of halogens is 1. The average molecular weight is 370 g/mol. The molecule has 2 atom stereocenters. The molecule has 6 nitrogen and oxygen atoms in total. The van der Waals surface area contributed by atoms with Crippen molar-refractivity contribution in [2.75, 3.05) is 32.8 Å². The summed E-state index contributed by atoms with van der Waals surface area (Å²) in [6, 6.07) is 4.02. The molecule has 138 valence electrons. The molecule has 0 unspecified atom stereocenters. The maximum absolute atomic E-state index is 14.1. The highest BCUT2D eigenvalue weighted by molar-refractivity contribution is 7.89. The second-order valence-electron chi connectivity index (χ2n) is 6.63. The van der Waals surface area contributed by atoms with E-state index in [1.807, 2.05) is 6.92 Å². The standard InChI is InChI=1S/C17H23FN2O4S/c1-12-3-4-16(13(2)9-12)25(22,23)20-11-14(18)10-15(20)17(21)19-5-7-24-8-6-19/h3-4,9,14-15H,5-8,10-11H2,1-2H3/t14-,15-/m0/s1. The van der Waals surface area contributed by atoms with Crippen LogP contribution in [0.2, 0.25) is 0 Å². The number of alkyl halides is 1. The Labute approximate surface area is 147 Å². The van der Waals surface area contributed by atoms with Gasteiger partial charge in [0.25, 0.3) is 0 Å². The third-order valence-electron chi connectivity index (χ3n) is 4.73. The van der Waals surface area contributed by atoms with Crippen molar-refractivity contribution in [1.29, 1.82) is 0 Å². The number of morpholine rings is 1. The van der Waals surface area contributed by atoms with Gasteiger partial charge in [-0.05, 0) is 25.5 Å². The van der Waals surface area contributed by atoms with Crippen molar-refractivity contribution in [1.82, 2.24) is 9.21 Å². The number of sulfonamides is 1. The molecule has 0 saturated carbocycles. The van der Waals surface area contributed by atoms with Crippen molar-refractivity contribution in [3.63, 3.8) is 0 Å². The van der Waals surface area contributed by atoms with Gasteiger partial charge in [-0.1, -0.05) is 17.7 Å². The van der Waals surface area contributed by atoms with E-state index in [2.05, 4.69) is 0 Å². The summed E-state index contributed by atoms with van der Waals surface area (Å²) >= 11 is 0. The summed E-state index contributed by atoms with van der Waals surface area (Å²) in [5.74, 6) is -0.336. The normalized spacial score (nSPS) is 25.3. The van der Waals surface area contributed by atoms with Crippen LogP contribution in [0.4, 0.5) is 4.39 Å². The maximum atomic E-state index is 14.1. The minimum absolute atomic E-state index is 0.0969. The Kier molecular flexibility index (Phi) is 5.13. The molecule has 0 N–H and O–H groups in total. The molecule has 8 heteroatoms. The highest BCUT2D eigenvalue weighted by Crippen LogP contribution is 2.30. The molecule has 0 spiro atoms. The summed E-state index contributed by atoms with van der Waals surface area (Å²) < 4.78 is 46.5. The zero-order valence-corrected chi connectivity index (χ0v) is 15.3. The molecular weight excluding hydrogens is 347 g/mol. The second-order valence-corrected chi connectivity index (χ2v) is 8.49. The van der Waals surface area contributed by atoms with E-state index in [1.165, 1.54) is 6.07 Å². The van der Waals surface area contributed by atoms with Crippen LogP contribution in [-0.2, 0) is 19.6 Å². The number of ether oxygens (including phenoxy) is 1. The number of nitrogens with zero attached hydrogens (tertiary/aromatic N) is 2. The number of rotatable bonds is 3. The summed E-state index contributed by atoms with van der Waals surface area (Å²) in [7, 11) is -3.94. The summed E-state index contributed by atoms with van der Waals surface area (Å²) in [6.45, 7) is 4.95. The number of aryl methyl sites for hydroxylation is 2. The van der Waals surface area contributed by atoms with Crippen molar-refractivity contribution in [3.8, 4) is 0 Å². The Morgan fingerprint density at radius 2 is 1.92 bits per heavy atom.